The number of hydrogen-bond acceptors (Lipinski definition) is 4. The van der Waals surface area contributed by atoms with Crippen molar-refractivity contribution < 1.29 is 9.72 Å². The fraction of sp³-hybridized carbons (Fsp3) is 0.533. The zero-order valence-electron chi connectivity index (χ0n) is 12.2. The van der Waals surface area contributed by atoms with Gasteiger partial charge in [0.1, 0.15) is 0 Å². The van der Waals surface area contributed by atoms with E-state index in [0.29, 0.717) is 5.56 Å². The summed E-state index contributed by atoms with van der Waals surface area (Å²) >= 11 is 0. The van der Waals surface area contributed by atoms with E-state index in [4.69, 9.17) is 5.73 Å². The molecule has 0 spiro atoms. The van der Waals surface area contributed by atoms with Crippen LogP contribution in [-0.2, 0) is 11.2 Å². The van der Waals surface area contributed by atoms with Crippen molar-refractivity contribution in [3.8, 4) is 0 Å². The largest absolute Gasteiger partial charge is 0.342 e. The van der Waals surface area contributed by atoms with Crippen LogP contribution in [0, 0.1) is 10.1 Å². The first kappa shape index (κ1) is 15.4. The highest BCUT2D eigenvalue weighted by atomic mass is 16.6. The van der Waals surface area contributed by atoms with Crippen LogP contribution in [0.15, 0.2) is 24.3 Å². The third-order valence-electron chi connectivity index (χ3n) is 4.16. The predicted molar refractivity (Wildman–Crippen MR) is 79.8 cm³/mol. The van der Waals surface area contributed by atoms with Crippen molar-refractivity contribution in [2.24, 2.45) is 5.73 Å². The van der Waals surface area contributed by atoms with Crippen molar-refractivity contribution in [3.05, 3.63) is 39.9 Å². The molecule has 0 aliphatic heterocycles. The molecule has 0 bridgehead atoms. The summed E-state index contributed by atoms with van der Waals surface area (Å²) in [5.74, 6) is -0.00373. The Balaban J connectivity index is 1.97. The van der Waals surface area contributed by atoms with Crippen molar-refractivity contribution in [1.29, 1.82) is 0 Å². The Bertz CT molecular complexity index is 525. The first-order valence-corrected chi connectivity index (χ1v) is 7.22. The lowest BCUT2D eigenvalue weighted by molar-refractivity contribution is -0.384. The van der Waals surface area contributed by atoms with Gasteiger partial charge in [-0.05, 0) is 31.2 Å². The summed E-state index contributed by atoms with van der Waals surface area (Å²) in [4.78, 5) is 24.4. The van der Waals surface area contributed by atoms with E-state index in [2.05, 4.69) is 0 Å². The molecule has 0 saturated heterocycles. The second kappa shape index (κ2) is 6.67. The maximum atomic E-state index is 12.3. The maximum Gasteiger partial charge on any atom is 0.269 e. The molecule has 1 aromatic carbocycles. The van der Waals surface area contributed by atoms with Crippen LogP contribution in [0.1, 0.15) is 31.2 Å². The minimum Gasteiger partial charge on any atom is -0.342 e. The van der Waals surface area contributed by atoms with Gasteiger partial charge in [0.05, 0.1) is 11.3 Å². The minimum absolute atomic E-state index is 0.00373. The van der Waals surface area contributed by atoms with Gasteiger partial charge in [-0.2, -0.15) is 0 Å². The Kier molecular flexibility index (Phi) is 4.90. The first-order valence-electron chi connectivity index (χ1n) is 7.22. The topological polar surface area (TPSA) is 89.5 Å². The van der Waals surface area contributed by atoms with Crippen molar-refractivity contribution in [2.45, 2.75) is 44.2 Å². The van der Waals surface area contributed by atoms with Gasteiger partial charge in [-0.3, -0.25) is 14.9 Å². The van der Waals surface area contributed by atoms with E-state index < -0.39 is 4.92 Å². The lowest BCUT2D eigenvalue weighted by atomic mass is 9.91. The molecule has 1 aliphatic carbocycles. The highest BCUT2D eigenvalue weighted by Crippen LogP contribution is 2.22. The van der Waals surface area contributed by atoms with Crippen LogP contribution in [-0.4, -0.2) is 34.9 Å². The van der Waals surface area contributed by atoms with Gasteiger partial charge in [0.25, 0.3) is 5.69 Å². The average molecular weight is 291 g/mol. The molecule has 0 atom stereocenters. The molecule has 1 fully saturated rings. The standard InChI is InChI=1S/C15H21N3O3/c1-17(13-7-5-12(16)6-8-13)15(19)10-11-3-2-4-14(9-11)18(20)21/h2-4,9,12-13H,5-8,10,16H2,1H3. The quantitative estimate of drug-likeness (QED) is 0.677. The number of non-ortho nitro benzene ring substituents is 1. The number of rotatable bonds is 4. The molecule has 0 heterocycles. The Labute approximate surface area is 124 Å². The summed E-state index contributed by atoms with van der Waals surface area (Å²) in [6.45, 7) is 0. The minimum atomic E-state index is -0.444. The van der Waals surface area contributed by atoms with E-state index >= 15 is 0 Å². The Morgan fingerprint density at radius 1 is 1.38 bits per heavy atom. The van der Waals surface area contributed by atoms with Crippen LogP contribution in [0.5, 0.6) is 0 Å². The summed E-state index contributed by atoms with van der Waals surface area (Å²) in [6.07, 6.45) is 3.94. The molecule has 1 saturated carbocycles. The molecular weight excluding hydrogens is 270 g/mol. The SMILES string of the molecule is CN(C(=O)Cc1cccc([N+](=O)[O-])c1)C1CCC(N)CC1. The molecule has 1 aromatic rings. The summed E-state index contributed by atoms with van der Waals surface area (Å²) in [5.41, 5.74) is 6.57. The van der Waals surface area contributed by atoms with Crippen LogP contribution in [0.4, 0.5) is 5.69 Å². The molecule has 0 radical (unpaired) electrons. The van der Waals surface area contributed by atoms with E-state index in [1.54, 1.807) is 24.1 Å². The monoisotopic (exact) mass is 291 g/mol. The molecule has 1 aliphatic rings. The van der Waals surface area contributed by atoms with Gasteiger partial charge in [-0.15, -0.1) is 0 Å². The van der Waals surface area contributed by atoms with E-state index in [0.717, 1.165) is 25.7 Å². The number of nitro groups is 1. The van der Waals surface area contributed by atoms with E-state index in [9.17, 15) is 14.9 Å². The van der Waals surface area contributed by atoms with Gasteiger partial charge in [0, 0.05) is 31.3 Å². The molecule has 6 heteroatoms. The van der Waals surface area contributed by atoms with Crippen molar-refractivity contribution in [2.75, 3.05) is 7.05 Å². The highest BCUT2D eigenvalue weighted by Gasteiger charge is 2.25. The number of likely N-dealkylation sites (N-methyl/N-ethyl adjacent to an activating group) is 1. The summed E-state index contributed by atoms with van der Waals surface area (Å²) in [5, 5.41) is 10.7. The molecule has 6 nitrogen and oxygen atoms in total. The number of carbonyl (C=O) groups is 1. The molecule has 2 rings (SSSR count). The highest BCUT2D eigenvalue weighted by molar-refractivity contribution is 5.79. The lowest BCUT2D eigenvalue weighted by Crippen LogP contribution is -2.42. The van der Waals surface area contributed by atoms with Crippen molar-refractivity contribution in [1.82, 2.24) is 4.90 Å². The third kappa shape index (κ3) is 4.01. The third-order valence-corrected chi connectivity index (χ3v) is 4.16. The van der Waals surface area contributed by atoms with Crippen LogP contribution in [0.2, 0.25) is 0 Å². The molecular formula is C15H21N3O3. The van der Waals surface area contributed by atoms with Gasteiger partial charge in [0.15, 0.2) is 0 Å². The number of hydrogen-bond donors (Lipinski definition) is 1. The summed E-state index contributed by atoms with van der Waals surface area (Å²) in [6, 6.07) is 6.73. The van der Waals surface area contributed by atoms with Gasteiger partial charge < -0.3 is 10.6 Å². The maximum absolute atomic E-state index is 12.3. The molecule has 2 N–H and O–H groups in total. The van der Waals surface area contributed by atoms with E-state index in [-0.39, 0.29) is 30.1 Å². The number of nitrogens with two attached hydrogens (primary N) is 1. The van der Waals surface area contributed by atoms with Crippen molar-refractivity contribution >= 4 is 11.6 Å². The van der Waals surface area contributed by atoms with Crippen LogP contribution in [0.3, 0.4) is 0 Å². The second-order valence-electron chi connectivity index (χ2n) is 5.68. The Morgan fingerprint density at radius 3 is 2.67 bits per heavy atom. The predicted octanol–water partition coefficient (Wildman–Crippen LogP) is 1.87. The van der Waals surface area contributed by atoms with Crippen LogP contribution in [0.25, 0.3) is 0 Å². The van der Waals surface area contributed by atoms with Crippen LogP contribution >= 0.6 is 0 Å². The smallest absolute Gasteiger partial charge is 0.269 e. The molecule has 1 amide bonds. The Morgan fingerprint density at radius 2 is 2.05 bits per heavy atom. The van der Waals surface area contributed by atoms with Gasteiger partial charge in [-0.1, -0.05) is 12.1 Å². The van der Waals surface area contributed by atoms with Crippen molar-refractivity contribution in [3.63, 3.8) is 0 Å². The Hall–Kier alpha value is -1.95. The number of nitro benzene ring substituents is 1. The zero-order chi connectivity index (χ0) is 15.4. The number of amides is 1. The zero-order valence-corrected chi connectivity index (χ0v) is 12.2. The van der Waals surface area contributed by atoms with Crippen LogP contribution < -0.4 is 5.73 Å². The van der Waals surface area contributed by atoms with Gasteiger partial charge >= 0.3 is 0 Å². The number of nitrogens with zero attached hydrogens (tertiary/aromatic N) is 2. The van der Waals surface area contributed by atoms with Gasteiger partial charge in [0.2, 0.25) is 5.91 Å². The van der Waals surface area contributed by atoms with Gasteiger partial charge in [-0.25, -0.2) is 0 Å². The van der Waals surface area contributed by atoms with E-state index in [1.165, 1.54) is 12.1 Å². The molecule has 0 aromatic heterocycles. The fourth-order valence-electron chi connectivity index (χ4n) is 2.77. The lowest BCUT2D eigenvalue weighted by Gasteiger charge is -2.33. The first-order chi connectivity index (χ1) is 9.97. The molecule has 114 valence electrons. The fourth-order valence-corrected chi connectivity index (χ4v) is 2.77. The average Bonchev–Trinajstić information content (AvgIpc) is 2.47. The molecule has 0 unspecified atom stereocenters. The second-order valence-corrected chi connectivity index (χ2v) is 5.68. The van der Waals surface area contributed by atoms with E-state index in [1.807, 2.05) is 0 Å². The summed E-state index contributed by atoms with van der Waals surface area (Å²) in [7, 11) is 1.81. The normalized spacial score (nSPS) is 21.8. The molecule has 21 heavy (non-hydrogen) atoms. The number of benzene rings is 1. The number of carbonyl (C=O) groups excluding carboxylic acids is 1. The summed E-state index contributed by atoms with van der Waals surface area (Å²) < 4.78 is 0.